The van der Waals surface area contributed by atoms with E-state index in [1.807, 2.05) is 0 Å². The third kappa shape index (κ3) is 4.59. The Morgan fingerprint density at radius 3 is 2.31 bits per heavy atom. The maximum Gasteiger partial charge on any atom is 0.166 e. The van der Waals surface area contributed by atoms with Gasteiger partial charge >= 0.3 is 0 Å². The van der Waals surface area contributed by atoms with Crippen molar-refractivity contribution in [1.82, 2.24) is 0 Å². The van der Waals surface area contributed by atoms with Crippen molar-refractivity contribution in [2.45, 2.75) is 19.8 Å². The number of hydrogen-bond donors (Lipinski definition) is 0. The molecule has 0 aliphatic heterocycles. The Bertz CT molecular complexity index is 1210. The second-order valence-corrected chi connectivity index (χ2v) is 7.63. The minimum atomic E-state index is -1.32. The Balaban J connectivity index is 1.67. The summed E-state index contributed by atoms with van der Waals surface area (Å²) in [5.41, 5.74) is -0.499. The van der Waals surface area contributed by atoms with E-state index >= 15 is 4.39 Å². The van der Waals surface area contributed by atoms with Gasteiger partial charge in [0.1, 0.15) is 17.4 Å². The number of ether oxygens (including phenoxy) is 1. The van der Waals surface area contributed by atoms with Crippen LogP contribution in [0.2, 0.25) is 0 Å². The number of para-hydroxylation sites is 1. The van der Waals surface area contributed by atoms with E-state index in [-0.39, 0.29) is 17.2 Å². The standard InChI is InChI=1S/C26H19F5O/c1-15-22(29)14-19(26(31)25(15)30)24(17-9-10-17)21(28)12-8-16-7-11-20(27)23(13-16)32-18-5-3-2-4-6-18/h2-8,11-14,17H,9-10H2,1H3/b12-8+,24-21-. The van der Waals surface area contributed by atoms with Crippen LogP contribution >= 0.6 is 0 Å². The lowest BCUT2D eigenvalue weighted by Gasteiger charge is -2.11. The fourth-order valence-electron chi connectivity index (χ4n) is 3.37. The van der Waals surface area contributed by atoms with E-state index in [1.54, 1.807) is 30.3 Å². The van der Waals surface area contributed by atoms with E-state index in [2.05, 4.69) is 0 Å². The highest BCUT2D eigenvalue weighted by Gasteiger charge is 2.32. The zero-order chi connectivity index (χ0) is 22.8. The zero-order valence-electron chi connectivity index (χ0n) is 17.1. The number of rotatable bonds is 6. The quantitative estimate of drug-likeness (QED) is 0.213. The molecule has 3 aromatic carbocycles. The van der Waals surface area contributed by atoms with Crippen LogP contribution in [0.1, 0.15) is 29.5 Å². The molecule has 1 saturated carbocycles. The molecule has 0 heterocycles. The molecular weight excluding hydrogens is 423 g/mol. The van der Waals surface area contributed by atoms with Crippen LogP contribution in [-0.2, 0) is 0 Å². The van der Waals surface area contributed by atoms with E-state index in [1.165, 1.54) is 24.3 Å². The SMILES string of the molecule is Cc1c(F)cc(/C(=C(F)/C=C/c2ccc(F)c(Oc3ccccc3)c2)C2CC2)c(F)c1F. The smallest absolute Gasteiger partial charge is 0.166 e. The molecule has 0 atom stereocenters. The van der Waals surface area contributed by atoms with Crippen LogP contribution in [-0.4, -0.2) is 0 Å². The molecule has 1 fully saturated rings. The molecule has 0 radical (unpaired) electrons. The first kappa shape index (κ1) is 21.8. The summed E-state index contributed by atoms with van der Waals surface area (Å²) in [5.74, 6) is -4.84. The van der Waals surface area contributed by atoms with Gasteiger partial charge in [-0.3, -0.25) is 0 Å². The van der Waals surface area contributed by atoms with Crippen molar-refractivity contribution in [1.29, 1.82) is 0 Å². The van der Waals surface area contributed by atoms with Gasteiger partial charge < -0.3 is 4.74 Å². The van der Waals surface area contributed by atoms with Crippen molar-refractivity contribution in [2.24, 2.45) is 5.92 Å². The Morgan fingerprint density at radius 1 is 0.906 bits per heavy atom. The molecule has 3 aromatic rings. The van der Waals surface area contributed by atoms with Gasteiger partial charge in [0, 0.05) is 16.7 Å². The average molecular weight is 442 g/mol. The fourth-order valence-corrected chi connectivity index (χ4v) is 3.37. The van der Waals surface area contributed by atoms with Crippen molar-refractivity contribution >= 4 is 11.6 Å². The van der Waals surface area contributed by atoms with Gasteiger partial charge in [0.05, 0.1) is 0 Å². The predicted molar refractivity (Wildman–Crippen MR) is 114 cm³/mol. The van der Waals surface area contributed by atoms with E-state index in [0.717, 1.165) is 19.1 Å². The lowest BCUT2D eigenvalue weighted by atomic mass is 9.97. The van der Waals surface area contributed by atoms with Crippen LogP contribution in [0.25, 0.3) is 11.6 Å². The van der Waals surface area contributed by atoms with Crippen molar-refractivity contribution in [3.63, 3.8) is 0 Å². The number of allylic oxidation sites excluding steroid dienone is 3. The van der Waals surface area contributed by atoms with E-state index in [0.29, 0.717) is 24.2 Å². The maximum atomic E-state index is 15.1. The van der Waals surface area contributed by atoms with Crippen molar-refractivity contribution in [2.75, 3.05) is 0 Å². The van der Waals surface area contributed by atoms with Gasteiger partial charge in [0.25, 0.3) is 0 Å². The largest absolute Gasteiger partial charge is 0.454 e. The first-order chi connectivity index (χ1) is 15.3. The zero-order valence-corrected chi connectivity index (χ0v) is 17.1. The summed E-state index contributed by atoms with van der Waals surface area (Å²) in [4.78, 5) is 0. The Kier molecular flexibility index (Phi) is 6.12. The molecule has 164 valence electrons. The Hall–Kier alpha value is -3.41. The van der Waals surface area contributed by atoms with Crippen LogP contribution in [0, 0.1) is 36.1 Å². The van der Waals surface area contributed by atoms with Gasteiger partial charge in [0.2, 0.25) is 0 Å². The molecule has 0 saturated heterocycles. The fraction of sp³-hybridized carbons (Fsp3) is 0.154. The van der Waals surface area contributed by atoms with Crippen molar-refractivity contribution in [3.05, 3.63) is 106 Å². The van der Waals surface area contributed by atoms with Crippen LogP contribution in [0.3, 0.4) is 0 Å². The van der Waals surface area contributed by atoms with Gasteiger partial charge in [-0.25, -0.2) is 22.0 Å². The van der Waals surface area contributed by atoms with Gasteiger partial charge in [-0.1, -0.05) is 30.3 Å². The molecule has 0 bridgehead atoms. The summed E-state index contributed by atoms with van der Waals surface area (Å²) in [6, 6.07) is 13.5. The molecule has 0 spiro atoms. The molecule has 6 heteroatoms. The second kappa shape index (κ2) is 8.99. The number of hydrogen-bond acceptors (Lipinski definition) is 1. The third-order valence-electron chi connectivity index (χ3n) is 5.27. The maximum absolute atomic E-state index is 15.1. The lowest BCUT2D eigenvalue weighted by molar-refractivity contribution is 0.442. The number of halogens is 5. The molecule has 1 aliphatic rings. The molecule has 0 unspecified atom stereocenters. The summed E-state index contributed by atoms with van der Waals surface area (Å²) >= 11 is 0. The number of benzene rings is 3. The van der Waals surface area contributed by atoms with E-state index < -0.39 is 40.2 Å². The molecule has 32 heavy (non-hydrogen) atoms. The van der Waals surface area contributed by atoms with Crippen molar-refractivity contribution < 1.29 is 26.7 Å². The van der Waals surface area contributed by atoms with Gasteiger partial charge in [-0.2, -0.15) is 0 Å². The topological polar surface area (TPSA) is 9.23 Å². The summed E-state index contributed by atoms with van der Waals surface area (Å²) in [6.07, 6.45) is 3.65. The minimum Gasteiger partial charge on any atom is -0.454 e. The lowest BCUT2D eigenvalue weighted by Crippen LogP contribution is -2.02. The highest BCUT2D eigenvalue weighted by molar-refractivity contribution is 5.75. The minimum absolute atomic E-state index is 0.0427. The Morgan fingerprint density at radius 2 is 1.62 bits per heavy atom. The average Bonchev–Trinajstić information content (AvgIpc) is 3.62. The van der Waals surface area contributed by atoms with Crippen LogP contribution < -0.4 is 4.74 Å². The van der Waals surface area contributed by atoms with Gasteiger partial charge in [-0.05, 0) is 67.7 Å². The highest BCUT2D eigenvalue weighted by atomic mass is 19.2. The first-order valence-electron chi connectivity index (χ1n) is 10.1. The molecule has 0 N–H and O–H groups in total. The van der Waals surface area contributed by atoms with Crippen LogP contribution in [0.4, 0.5) is 22.0 Å². The molecule has 0 amide bonds. The van der Waals surface area contributed by atoms with Crippen LogP contribution in [0.5, 0.6) is 11.5 Å². The predicted octanol–water partition coefficient (Wildman–Crippen LogP) is 8.15. The Labute approximate surface area is 182 Å². The summed E-state index contributed by atoms with van der Waals surface area (Å²) in [6.45, 7) is 1.12. The molecule has 1 nitrogen and oxygen atoms in total. The third-order valence-corrected chi connectivity index (χ3v) is 5.27. The van der Waals surface area contributed by atoms with E-state index in [4.69, 9.17) is 4.74 Å². The summed E-state index contributed by atoms with van der Waals surface area (Å²) in [7, 11) is 0. The van der Waals surface area contributed by atoms with Crippen molar-refractivity contribution in [3.8, 4) is 11.5 Å². The van der Waals surface area contributed by atoms with Crippen LogP contribution in [0.15, 0.2) is 66.5 Å². The van der Waals surface area contributed by atoms with Gasteiger partial charge in [-0.15, -0.1) is 0 Å². The molecule has 0 aromatic heterocycles. The highest BCUT2D eigenvalue weighted by Crippen LogP contribution is 2.45. The summed E-state index contributed by atoms with van der Waals surface area (Å²) in [5, 5.41) is 0. The normalized spacial score (nSPS) is 14.6. The first-order valence-corrected chi connectivity index (χ1v) is 10.1. The van der Waals surface area contributed by atoms with E-state index in [9.17, 15) is 17.6 Å². The second-order valence-electron chi connectivity index (χ2n) is 7.63. The molecule has 4 rings (SSSR count). The molecule has 1 aliphatic carbocycles. The summed E-state index contributed by atoms with van der Waals surface area (Å²) < 4.78 is 77.3. The van der Waals surface area contributed by atoms with Gasteiger partial charge in [0.15, 0.2) is 23.2 Å². The molecular formula is C26H19F5O. The monoisotopic (exact) mass is 442 g/mol.